The van der Waals surface area contributed by atoms with Crippen molar-refractivity contribution in [2.45, 2.75) is 51.4 Å². The Morgan fingerprint density at radius 3 is 2.88 bits per heavy atom. The van der Waals surface area contributed by atoms with Gasteiger partial charge in [-0.1, -0.05) is 37.3 Å². The number of benzene rings is 1. The monoisotopic (exact) mass is 335 g/mol. The SMILES string of the molecule is CCCC(=O)OC[C@H](O)CN(Cc1ccccc1)C[C@H]1CCCO1. The summed E-state index contributed by atoms with van der Waals surface area (Å²) in [6.45, 7) is 4.81. The van der Waals surface area contributed by atoms with Gasteiger partial charge >= 0.3 is 5.97 Å². The van der Waals surface area contributed by atoms with Crippen molar-refractivity contribution >= 4 is 5.97 Å². The zero-order chi connectivity index (χ0) is 17.2. The highest BCUT2D eigenvalue weighted by atomic mass is 16.5. The maximum absolute atomic E-state index is 11.4. The third-order valence-electron chi connectivity index (χ3n) is 4.09. The van der Waals surface area contributed by atoms with Crippen LogP contribution in [0.5, 0.6) is 0 Å². The van der Waals surface area contributed by atoms with Gasteiger partial charge in [-0.25, -0.2) is 0 Å². The fourth-order valence-corrected chi connectivity index (χ4v) is 2.94. The molecule has 134 valence electrons. The summed E-state index contributed by atoms with van der Waals surface area (Å²) in [4.78, 5) is 13.6. The molecule has 0 bridgehead atoms. The molecule has 1 fully saturated rings. The Balaban J connectivity index is 1.85. The van der Waals surface area contributed by atoms with Crippen molar-refractivity contribution in [1.82, 2.24) is 4.90 Å². The molecule has 1 aliphatic rings. The molecule has 1 aromatic carbocycles. The molecular formula is C19H29NO4. The molecule has 0 aliphatic carbocycles. The fraction of sp³-hybridized carbons (Fsp3) is 0.632. The van der Waals surface area contributed by atoms with E-state index in [2.05, 4.69) is 17.0 Å². The van der Waals surface area contributed by atoms with Crippen molar-refractivity contribution in [2.24, 2.45) is 0 Å². The molecule has 0 aromatic heterocycles. The number of aliphatic hydroxyl groups is 1. The van der Waals surface area contributed by atoms with E-state index in [0.717, 1.165) is 39.0 Å². The zero-order valence-corrected chi connectivity index (χ0v) is 14.5. The van der Waals surface area contributed by atoms with E-state index < -0.39 is 6.10 Å². The van der Waals surface area contributed by atoms with Crippen molar-refractivity contribution < 1.29 is 19.4 Å². The molecule has 24 heavy (non-hydrogen) atoms. The molecule has 5 heteroatoms. The number of rotatable bonds is 10. The Labute approximate surface area is 144 Å². The van der Waals surface area contributed by atoms with Crippen LogP contribution in [0.3, 0.4) is 0 Å². The molecule has 1 aliphatic heterocycles. The van der Waals surface area contributed by atoms with Crippen molar-refractivity contribution in [2.75, 3.05) is 26.3 Å². The summed E-state index contributed by atoms with van der Waals surface area (Å²) >= 11 is 0. The molecule has 0 spiro atoms. The van der Waals surface area contributed by atoms with Crippen LogP contribution >= 0.6 is 0 Å². The average Bonchev–Trinajstić information content (AvgIpc) is 3.07. The lowest BCUT2D eigenvalue weighted by Crippen LogP contribution is -2.39. The second kappa shape index (κ2) is 10.4. The number of hydrogen-bond acceptors (Lipinski definition) is 5. The molecule has 0 saturated carbocycles. The summed E-state index contributed by atoms with van der Waals surface area (Å²) in [5.41, 5.74) is 1.20. The van der Waals surface area contributed by atoms with E-state index in [1.807, 2.05) is 25.1 Å². The summed E-state index contributed by atoms with van der Waals surface area (Å²) in [6.07, 6.45) is 2.86. The molecule has 0 unspecified atom stereocenters. The molecule has 5 nitrogen and oxygen atoms in total. The van der Waals surface area contributed by atoms with Gasteiger partial charge in [-0.05, 0) is 24.8 Å². The lowest BCUT2D eigenvalue weighted by atomic mass is 10.1. The Kier molecular flexibility index (Phi) is 8.22. The molecule has 0 radical (unpaired) electrons. The highest BCUT2D eigenvalue weighted by Gasteiger charge is 2.21. The number of esters is 1. The first-order valence-corrected chi connectivity index (χ1v) is 8.89. The maximum atomic E-state index is 11.4. The number of carbonyl (C=O) groups excluding carboxylic acids is 1. The maximum Gasteiger partial charge on any atom is 0.305 e. The van der Waals surface area contributed by atoms with Crippen LogP contribution in [0.1, 0.15) is 38.2 Å². The van der Waals surface area contributed by atoms with Crippen molar-refractivity contribution in [3.05, 3.63) is 35.9 Å². The van der Waals surface area contributed by atoms with E-state index in [1.54, 1.807) is 0 Å². The van der Waals surface area contributed by atoms with Crippen molar-refractivity contribution in [1.29, 1.82) is 0 Å². The Bertz CT molecular complexity index is 474. The lowest BCUT2D eigenvalue weighted by molar-refractivity contribution is -0.147. The van der Waals surface area contributed by atoms with Gasteiger partial charge in [-0.3, -0.25) is 9.69 Å². The van der Waals surface area contributed by atoms with Gasteiger partial charge in [0.2, 0.25) is 0 Å². The second-order valence-electron chi connectivity index (χ2n) is 6.40. The third kappa shape index (κ3) is 6.99. The van der Waals surface area contributed by atoms with E-state index in [0.29, 0.717) is 13.0 Å². The smallest absolute Gasteiger partial charge is 0.305 e. The van der Waals surface area contributed by atoms with Crippen molar-refractivity contribution in [3.63, 3.8) is 0 Å². The summed E-state index contributed by atoms with van der Waals surface area (Å²) in [6, 6.07) is 10.2. The summed E-state index contributed by atoms with van der Waals surface area (Å²) < 4.78 is 10.8. The first kappa shape index (κ1) is 18.9. The minimum Gasteiger partial charge on any atom is -0.463 e. The second-order valence-corrected chi connectivity index (χ2v) is 6.40. The van der Waals surface area contributed by atoms with Gasteiger partial charge in [0, 0.05) is 32.7 Å². The molecule has 1 heterocycles. The van der Waals surface area contributed by atoms with Crippen LogP contribution in [0.4, 0.5) is 0 Å². The molecule has 2 rings (SSSR count). The average molecular weight is 335 g/mol. The van der Waals surface area contributed by atoms with Crippen LogP contribution in [0, 0.1) is 0 Å². The number of nitrogens with zero attached hydrogens (tertiary/aromatic N) is 1. The van der Waals surface area contributed by atoms with Gasteiger partial charge in [0.25, 0.3) is 0 Å². The molecule has 1 aromatic rings. The van der Waals surface area contributed by atoms with Crippen LogP contribution < -0.4 is 0 Å². The van der Waals surface area contributed by atoms with E-state index in [1.165, 1.54) is 5.56 Å². The standard InChI is InChI=1S/C19H29NO4/c1-2-7-19(22)24-15-17(21)13-20(14-18-10-6-11-23-18)12-16-8-4-3-5-9-16/h3-5,8-9,17-18,21H,2,6-7,10-15H2,1H3/t17-,18-/m1/s1. The molecular weight excluding hydrogens is 306 g/mol. The molecule has 0 amide bonds. The zero-order valence-electron chi connectivity index (χ0n) is 14.5. The van der Waals surface area contributed by atoms with Crippen LogP contribution in [0.15, 0.2) is 30.3 Å². The van der Waals surface area contributed by atoms with Crippen molar-refractivity contribution in [3.8, 4) is 0 Å². The van der Waals surface area contributed by atoms with Gasteiger partial charge < -0.3 is 14.6 Å². The lowest BCUT2D eigenvalue weighted by Gasteiger charge is -2.27. The van der Waals surface area contributed by atoms with Crippen LogP contribution in [0.25, 0.3) is 0 Å². The predicted molar refractivity (Wildman–Crippen MR) is 92.6 cm³/mol. The highest BCUT2D eigenvalue weighted by Crippen LogP contribution is 2.15. The summed E-state index contributed by atoms with van der Waals surface area (Å²) in [5.74, 6) is -0.245. The minimum atomic E-state index is -0.684. The third-order valence-corrected chi connectivity index (χ3v) is 4.09. The van der Waals surface area contributed by atoms with Crippen LogP contribution in [-0.4, -0.2) is 54.5 Å². The topological polar surface area (TPSA) is 59.0 Å². The normalized spacial score (nSPS) is 18.7. The predicted octanol–water partition coefficient (Wildman–Crippen LogP) is 2.37. The highest BCUT2D eigenvalue weighted by molar-refractivity contribution is 5.69. The van der Waals surface area contributed by atoms with Gasteiger partial charge in [0.05, 0.1) is 6.10 Å². The van der Waals surface area contributed by atoms with E-state index in [4.69, 9.17) is 9.47 Å². The number of carbonyl (C=O) groups is 1. The number of hydrogen-bond donors (Lipinski definition) is 1. The van der Waals surface area contributed by atoms with Gasteiger partial charge in [0.15, 0.2) is 0 Å². The number of ether oxygens (including phenoxy) is 2. The van der Waals surface area contributed by atoms with E-state index >= 15 is 0 Å². The first-order valence-electron chi connectivity index (χ1n) is 8.89. The van der Waals surface area contributed by atoms with Gasteiger partial charge in [0.1, 0.15) is 12.7 Å². The first-order chi connectivity index (χ1) is 11.7. The fourth-order valence-electron chi connectivity index (χ4n) is 2.94. The van der Waals surface area contributed by atoms with E-state index in [-0.39, 0.29) is 18.7 Å². The van der Waals surface area contributed by atoms with Crippen LogP contribution in [0.2, 0.25) is 0 Å². The number of aliphatic hydroxyl groups excluding tert-OH is 1. The summed E-state index contributed by atoms with van der Waals surface area (Å²) in [7, 11) is 0. The minimum absolute atomic E-state index is 0.0512. The van der Waals surface area contributed by atoms with Gasteiger partial charge in [-0.15, -0.1) is 0 Å². The summed E-state index contributed by atoms with van der Waals surface area (Å²) in [5, 5.41) is 10.2. The molecule has 1 saturated heterocycles. The van der Waals surface area contributed by atoms with Crippen LogP contribution in [-0.2, 0) is 20.8 Å². The Hall–Kier alpha value is -1.43. The van der Waals surface area contributed by atoms with E-state index in [9.17, 15) is 9.90 Å². The molecule has 2 atom stereocenters. The quantitative estimate of drug-likeness (QED) is 0.665. The Morgan fingerprint density at radius 2 is 2.21 bits per heavy atom. The largest absolute Gasteiger partial charge is 0.463 e. The van der Waals surface area contributed by atoms with Gasteiger partial charge in [-0.2, -0.15) is 0 Å². The Morgan fingerprint density at radius 1 is 1.42 bits per heavy atom. The molecule has 1 N–H and O–H groups in total.